The number of rotatable bonds is 4. The molecule has 4 nitrogen and oxygen atoms in total. The third-order valence-electron chi connectivity index (χ3n) is 3.49. The quantitative estimate of drug-likeness (QED) is 0.867. The van der Waals surface area contributed by atoms with E-state index in [2.05, 4.69) is 11.9 Å². The van der Waals surface area contributed by atoms with Crippen LogP contribution >= 0.6 is 11.6 Å². The minimum atomic E-state index is -0.558. The van der Waals surface area contributed by atoms with Crippen molar-refractivity contribution in [2.45, 2.75) is 6.92 Å². The molecule has 1 heterocycles. The van der Waals surface area contributed by atoms with Crippen molar-refractivity contribution < 1.29 is 14.0 Å². The fourth-order valence-corrected chi connectivity index (χ4v) is 2.49. The van der Waals surface area contributed by atoms with Crippen molar-refractivity contribution in [3.05, 3.63) is 47.3 Å². The van der Waals surface area contributed by atoms with E-state index in [1.54, 1.807) is 4.90 Å². The lowest BCUT2D eigenvalue weighted by atomic mass is 9.81. The van der Waals surface area contributed by atoms with Gasteiger partial charge in [0.2, 0.25) is 5.91 Å². The lowest BCUT2D eigenvalue weighted by molar-refractivity contribution is -0.136. The zero-order valence-corrected chi connectivity index (χ0v) is 12.4. The fraction of sp³-hybridized carbons (Fsp3) is 0.333. The number of benzene rings is 1. The van der Waals surface area contributed by atoms with Crippen LogP contribution in [0.1, 0.15) is 17.3 Å². The van der Waals surface area contributed by atoms with Crippen molar-refractivity contribution in [2.24, 2.45) is 5.41 Å². The first-order valence-corrected chi connectivity index (χ1v) is 6.87. The van der Waals surface area contributed by atoms with Crippen molar-refractivity contribution >= 4 is 23.4 Å². The van der Waals surface area contributed by atoms with Crippen LogP contribution in [0.15, 0.2) is 30.9 Å². The SMILES string of the molecule is C=CC(=O)N1CC(C)(CNC(=O)c2ccc(F)c(Cl)c2)C1. The maximum Gasteiger partial charge on any atom is 0.251 e. The average Bonchev–Trinajstić information content (AvgIpc) is 2.43. The third kappa shape index (κ3) is 3.42. The van der Waals surface area contributed by atoms with Gasteiger partial charge in [0.1, 0.15) is 5.82 Å². The summed E-state index contributed by atoms with van der Waals surface area (Å²) in [6.45, 7) is 7.00. The summed E-state index contributed by atoms with van der Waals surface area (Å²) in [5.41, 5.74) is 0.154. The summed E-state index contributed by atoms with van der Waals surface area (Å²) in [4.78, 5) is 25.0. The molecular formula is C15H16ClFN2O2. The van der Waals surface area contributed by atoms with Crippen LogP contribution in [0.4, 0.5) is 4.39 Å². The van der Waals surface area contributed by atoms with Gasteiger partial charge in [-0.3, -0.25) is 9.59 Å². The van der Waals surface area contributed by atoms with Crippen molar-refractivity contribution in [3.8, 4) is 0 Å². The number of amides is 2. The van der Waals surface area contributed by atoms with Crippen molar-refractivity contribution in [2.75, 3.05) is 19.6 Å². The fourth-order valence-electron chi connectivity index (χ4n) is 2.31. The zero-order valence-electron chi connectivity index (χ0n) is 11.7. The van der Waals surface area contributed by atoms with Gasteiger partial charge in [0.25, 0.3) is 5.91 Å². The molecule has 0 saturated carbocycles. The summed E-state index contributed by atoms with van der Waals surface area (Å²) in [5.74, 6) is -0.978. The van der Waals surface area contributed by atoms with Gasteiger partial charge in [-0.05, 0) is 24.3 Å². The molecule has 1 fully saturated rings. The Kier molecular flexibility index (Phi) is 4.32. The van der Waals surface area contributed by atoms with Gasteiger partial charge in [0.15, 0.2) is 0 Å². The van der Waals surface area contributed by atoms with Crippen molar-refractivity contribution in [1.29, 1.82) is 0 Å². The van der Waals surface area contributed by atoms with Crippen molar-refractivity contribution in [3.63, 3.8) is 0 Å². The van der Waals surface area contributed by atoms with Gasteiger partial charge in [0, 0.05) is 30.6 Å². The standard InChI is InChI=1S/C15H16ClFN2O2/c1-3-13(20)19-8-15(2,9-19)7-18-14(21)10-4-5-12(17)11(16)6-10/h3-6H,1,7-9H2,2H3,(H,18,21). The first-order valence-electron chi connectivity index (χ1n) is 6.49. The van der Waals surface area contributed by atoms with Gasteiger partial charge in [-0.25, -0.2) is 4.39 Å². The predicted octanol–water partition coefficient (Wildman–Crippen LogP) is 2.24. The maximum absolute atomic E-state index is 13.0. The van der Waals surface area contributed by atoms with Gasteiger partial charge in [0.05, 0.1) is 5.02 Å². The van der Waals surface area contributed by atoms with E-state index in [-0.39, 0.29) is 22.3 Å². The van der Waals surface area contributed by atoms with E-state index < -0.39 is 5.82 Å². The molecule has 1 aromatic rings. The van der Waals surface area contributed by atoms with Crippen LogP contribution in [0.25, 0.3) is 0 Å². The topological polar surface area (TPSA) is 49.4 Å². The average molecular weight is 311 g/mol. The molecule has 1 N–H and O–H groups in total. The van der Waals surface area contributed by atoms with Gasteiger partial charge in [-0.15, -0.1) is 0 Å². The molecule has 21 heavy (non-hydrogen) atoms. The van der Waals surface area contributed by atoms with Gasteiger partial charge in [-0.1, -0.05) is 25.1 Å². The number of nitrogens with zero attached hydrogens (tertiary/aromatic N) is 1. The van der Waals surface area contributed by atoms with Crippen LogP contribution in [0.3, 0.4) is 0 Å². The van der Waals surface area contributed by atoms with E-state index in [4.69, 9.17) is 11.6 Å². The molecular weight excluding hydrogens is 295 g/mol. The lowest BCUT2D eigenvalue weighted by Gasteiger charge is -2.47. The normalized spacial score (nSPS) is 16.0. The molecule has 0 bridgehead atoms. The summed E-state index contributed by atoms with van der Waals surface area (Å²) in [6.07, 6.45) is 1.28. The molecule has 0 radical (unpaired) electrons. The number of halogens is 2. The van der Waals surface area contributed by atoms with Crippen LogP contribution in [0.5, 0.6) is 0 Å². The second kappa shape index (κ2) is 5.85. The highest BCUT2D eigenvalue weighted by Gasteiger charge is 2.40. The van der Waals surface area contributed by atoms with E-state index in [1.165, 1.54) is 18.2 Å². The van der Waals surface area contributed by atoms with Gasteiger partial charge in [-0.2, -0.15) is 0 Å². The van der Waals surface area contributed by atoms with E-state index in [0.717, 1.165) is 6.07 Å². The Labute approximate surface area is 127 Å². The predicted molar refractivity (Wildman–Crippen MR) is 78.6 cm³/mol. The van der Waals surface area contributed by atoms with Crippen molar-refractivity contribution in [1.82, 2.24) is 10.2 Å². The molecule has 1 aliphatic heterocycles. The molecule has 6 heteroatoms. The van der Waals surface area contributed by atoms with Gasteiger partial charge < -0.3 is 10.2 Å². The third-order valence-corrected chi connectivity index (χ3v) is 3.78. The summed E-state index contributed by atoms with van der Waals surface area (Å²) < 4.78 is 13.0. The maximum atomic E-state index is 13.0. The summed E-state index contributed by atoms with van der Waals surface area (Å²) >= 11 is 5.65. The molecule has 0 aromatic heterocycles. The Hall–Kier alpha value is -1.88. The first-order chi connectivity index (χ1) is 9.84. The molecule has 0 spiro atoms. The van der Waals surface area contributed by atoms with E-state index >= 15 is 0 Å². The first kappa shape index (κ1) is 15.5. The molecule has 0 aliphatic carbocycles. The van der Waals surface area contributed by atoms with Crippen LogP contribution < -0.4 is 5.32 Å². The van der Waals surface area contributed by atoms with Crippen LogP contribution in [-0.4, -0.2) is 36.3 Å². The summed E-state index contributed by atoms with van der Waals surface area (Å²) in [6, 6.07) is 3.84. The minimum Gasteiger partial charge on any atom is -0.351 e. The molecule has 0 atom stereocenters. The second-order valence-corrected chi connectivity index (χ2v) is 5.93. The highest BCUT2D eigenvalue weighted by molar-refractivity contribution is 6.31. The highest BCUT2D eigenvalue weighted by atomic mass is 35.5. The van der Waals surface area contributed by atoms with E-state index in [9.17, 15) is 14.0 Å². The largest absolute Gasteiger partial charge is 0.351 e. The minimum absolute atomic E-state index is 0.0831. The van der Waals surface area contributed by atoms with E-state index in [1.807, 2.05) is 6.92 Å². The number of likely N-dealkylation sites (tertiary alicyclic amines) is 1. The lowest BCUT2D eigenvalue weighted by Crippen LogP contribution is -2.60. The smallest absolute Gasteiger partial charge is 0.251 e. The number of carbonyl (C=O) groups excluding carboxylic acids is 2. The number of hydrogen-bond donors (Lipinski definition) is 1. The molecule has 0 unspecified atom stereocenters. The Morgan fingerprint density at radius 2 is 2.19 bits per heavy atom. The summed E-state index contributed by atoms with van der Waals surface area (Å²) in [5, 5.41) is 2.70. The van der Waals surface area contributed by atoms with Crippen LogP contribution in [0.2, 0.25) is 5.02 Å². The second-order valence-electron chi connectivity index (χ2n) is 5.52. The molecule has 2 rings (SSSR count). The molecule has 112 valence electrons. The molecule has 2 amide bonds. The Balaban J connectivity index is 1.89. The monoisotopic (exact) mass is 310 g/mol. The van der Waals surface area contributed by atoms with Crippen LogP contribution in [0, 0.1) is 11.2 Å². The Bertz CT molecular complexity index is 597. The summed E-state index contributed by atoms with van der Waals surface area (Å²) in [7, 11) is 0. The molecule has 1 aromatic carbocycles. The molecule has 1 saturated heterocycles. The van der Waals surface area contributed by atoms with E-state index in [0.29, 0.717) is 25.2 Å². The van der Waals surface area contributed by atoms with Gasteiger partial charge >= 0.3 is 0 Å². The van der Waals surface area contributed by atoms with Crippen LogP contribution in [-0.2, 0) is 4.79 Å². The molecule has 1 aliphatic rings. The number of hydrogen-bond acceptors (Lipinski definition) is 2. The Morgan fingerprint density at radius 1 is 1.52 bits per heavy atom. The Morgan fingerprint density at radius 3 is 2.76 bits per heavy atom. The number of carbonyl (C=O) groups is 2. The number of nitrogens with one attached hydrogen (secondary N) is 1. The zero-order chi connectivity index (χ0) is 15.6. The highest BCUT2D eigenvalue weighted by Crippen LogP contribution is 2.29.